The van der Waals surface area contributed by atoms with Gasteiger partial charge in [0.05, 0.1) is 0 Å². The van der Waals surface area contributed by atoms with Crippen LogP contribution in [0, 0.1) is 5.41 Å². The highest BCUT2D eigenvalue weighted by Gasteiger charge is 2.38. The predicted molar refractivity (Wildman–Crippen MR) is 57.7 cm³/mol. The normalized spacial score (nSPS) is 10.8. The molecule has 0 aromatic rings. The Bertz CT molecular complexity index is 299. The molecule has 0 aromatic heterocycles. The number of carboxylic acids is 1. The van der Waals surface area contributed by atoms with Crippen molar-refractivity contribution >= 4 is 17.8 Å². The van der Waals surface area contributed by atoms with Crippen LogP contribution >= 0.6 is 0 Å². The summed E-state index contributed by atoms with van der Waals surface area (Å²) in [5.74, 6) is -1.87. The zero-order chi connectivity index (χ0) is 12.9. The second-order valence-electron chi connectivity index (χ2n) is 4.08. The van der Waals surface area contributed by atoms with E-state index in [0.29, 0.717) is 0 Å². The number of carbonyl (C=O) groups is 3. The first-order valence-electron chi connectivity index (χ1n) is 4.93. The van der Waals surface area contributed by atoms with Gasteiger partial charge in [0.2, 0.25) is 11.8 Å². The minimum Gasteiger partial charge on any atom is -0.480 e. The fourth-order valence-corrected chi connectivity index (χ4v) is 1.06. The van der Waals surface area contributed by atoms with Gasteiger partial charge in [0, 0.05) is 27.1 Å². The molecule has 0 heterocycles. The van der Waals surface area contributed by atoms with Crippen LogP contribution in [0.1, 0.15) is 20.3 Å². The monoisotopic (exact) mass is 230 g/mol. The zero-order valence-corrected chi connectivity index (χ0v) is 10.0. The van der Waals surface area contributed by atoms with Crippen LogP contribution in [0.25, 0.3) is 0 Å². The van der Waals surface area contributed by atoms with Crippen molar-refractivity contribution in [3.8, 4) is 0 Å². The highest BCUT2D eigenvalue weighted by Crippen LogP contribution is 2.18. The molecule has 2 N–H and O–H groups in total. The molecule has 0 aliphatic heterocycles. The molecule has 0 radical (unpaired) electrons. The van der Waals surface area contributed by atoms with E-state index in [4.69, 9.17) is 5.11 Å². The molecule has 0 aromatic carbocycles. The number of aliphatic carboxylic acids is 1. The summed E-state index contributed by atoms with van der Waals surface area (Å²) in [6.45, 7) is 2.89. The second-order valence-corrected chi connectivity index (χ2v) is 4.08. The van der Waals surface area contributed by atoms with E-state index < -0.39 is 17.3 Å². The molecule has 2 amide bonds. The molecule has 92 valence electrons. The van der Waals surface area contributed by atoms with Crippen molar-refractivity contribution < 1.29 is 19.5 Å². The lowest BCUT2D eigenvalue weighted by Crippen LogP contribution is -2.44. The Hall–Kier alpha value is -1.59. The van der Waals surface area contributed by atoms with Crippen LogP contribution in [0.15, 0.2) is 0 Å². The van der Waals surface area contributed by atoms with E-state index in [9.17, 15) is 14.4 Å². The van der Waals surface area contributed by atoms with Gasteiger partial charge in [-0.3, -0.25) is 14.4 Å². The van der Waals surface area contributed by atoms with Gasteiger partial charge in [-0.1, -0.05) is 0 Å². The van der Waals surface area contributed by atoms with E-state index in [-0.39, 0.29) is 18.9 Å². The van der Waals surface area contributed by atoms with Gasteiger partial charge in [0.15, 0.2) is 0 Å². The maximum Gasteiger partial charge on any atom is 0.318 e. The van der Waals surface area contributed by atoms with E-state index in [1.54, 1.807) is 0 Å². The van der Waals surface area contributed by atoms with Crippen molar-refractivity contribution in [2.45, 2.75) is 20.3 Å². The Morgan fingerprint density at radius 2 is 1.81 bits per heavy atom. The molecule has 6 heteroatoms. The maximum atomic E-state index is 11.7. The van der Waals surface area contributed by atoms with Crippen molar-refractivity contribution in [1.29, 1.82) is 0 Å². The third-order valence-corrected chi connectivity index (χ3v) is 2.37. The van der Waals surface area contributed by atoms with E-state index in [1.165, 1.54) is 32.8 Å². The zero-order valence-electron chi connectivity index (χ0n) is 10.0. The minimum absolute atomic E-state index is 0.161. The number of carboxylic acid groups (broad SMARTS) is 1. The van der Waals surface area contributed by atoms with Crippen molar-refractivity contribution in [2.75, 3.05) is 20.6 Å². The molecule has 16 heavy (non-hydrogen) atoms. The highest BCUT2D eigenvalue weighted by atomic mass is 16.4. The molecular formula is C10H18N2O4. The summed E-state index contributed by atoms with van der Waals surface area (Å²) >= 11 is 0. The summed E-state index contributed by atoms with van der Waals surface area (Å²) in [5.41, 5.74) is -1.46. The molecule has 0 fully saturated rings. The molecule has 0 aliphatic rings. The molecule has 0 bridgehead atoms. The van der Waals surface area contributed by atoms with E-state index >= 15 is 0 Å². The van der Waals surface area contributed by atoms with Gasteiger partial charge in [-0.05, 0) is 13.8 Å². The number of amides is 2. The number of nitrogens with one attached hydrogen (secondary N) is 1. The van der Waals surface area contributed by atoms with Gasteiger partial charge in [-0.15, -0.1) is 0 Å². The van der Waals surface area contributed by atoms with Crippen molar-refractivity contribution in [3.63, 3.8) is 0 Å². The van der Waals surface area contributed by atoms with Crippen LogP contribution in [0.2, 0.25) is 0 Å². The summed E-state index contributed by atoms with van der Waals surface area (Å²) < 4.78 is 0. The third kappa shape index (κ3) is 3.52. The van der Waals surface area contributed by atoms with Crippen LogP contribution in [-0.4, -0.2) is 48.4 Å². The third-order valence-electron chi connectivity index (χ3n) is 2.37. The lowest BCUT2D eigenvalue weighted by atomic mass is 9.92. The van der Waals surface area contributed by atoms with Crippen LogP contribution in [0.3, 0.4) is 0 Å². The summed E-state index contributed by atoms with van der Waals surface area (Å²) in [4.78, 5) is 34.8. The first kappa shape index (κ1) is 14.4. The summed E-state index contributed by atoms with van der Waals surface area (Å²) in [7, 11) is 2.99. The van der Waals surface area contributed by atoms with E-state index in [0.717, 1.165) is 0 Å². The molecule has 0 saturated heterocycles. The van der Waals surface area contributed by atoms with Crippen LogP contribution < -0.4 is 5.32 Å². The maximum absolute atomic E-state index is 11.7. The number of rotatable bonds is 5. The Balaban J connectivity index is 4.40. The SMILES string of the molecule is CNC(=O)CCN(C)C(=O)C(C)(C)C(=O)O. The summed E-state index contributed by atoms with van der Waals surface area (Å²) in [6, 6.07) is 0. The standard InChI is InChI=1S/C10H18N2O4/c1-10(2,9(15)16)8(14)12(4)6-5-7(13)11-3/h5-6H2,1-4H3,(H,11,13)(H,15,16). The van der Waals surface area contributed by atoms with E-state index in [2.05, 4.69) is 5.32 Å². The quantitative estimate of drug-likeness (QED) is 0.634. The van der Waals surface area contributed by atoms with Crippen molar-refractivity contribution in [2.24, 2.45) is 5.41 Å². The lowest BCUT2D eigenvalue weighted by Gasteiger charge is -2.25. The lowest BCUT2D eigenvalue weighted by molar-refractivity contribution is -0.157. The van der Waals surface area contributed by atoms with Crippen LogP contribution in [0.4, 0.5) is 0 Å². The average Bonchev–Trinajstić information content (AvgIpc) is 2.23. The van der Waals surface area contributed by atoms with Gasteiger partial charge >= 0.3 is 5.97 Å². The minimum atomic E-state index is -1.46. The number of nitrogens with zero attached hydrogens (tertiary/aromatic N) is 1. The van der Waals surface area contributed by atoms with Crippen LogP contribution in [0.5, 0.6) is 0 Å². The van der Waals surface area contributed by atoms with Gasteiger partial charge in [0.1, 0.15) is 5.41 Å². The molecule has 6 nitrogen and oxygen atoms in total. The summed E-state index contributed by atoms with van der Waals surface area (Å²) in [5, 5.41) is 11.3. The predicted octanol–water partition coefficient (Wildman–Crippen LogP) is -0.308. The molecule has 0 spiro atoms. The van der Waals surface area contributed by atoms with E-state index in [1.807, 2.05) is 0 Å². The molecule has 0 atom stereocenters. The fourth-order valence-electron chi connectivity index (χ4n) is 1.06. The summed E-state index contributed by atoms with van der Waals surface area (Å²) in [6.07, 6.45) is 0.161. The molecule has 0 rings (SSSR count). The Morgan fingerprint density at radius 1 is 1.31 bits per heavy atom. The van der Waals surface area contributed by atoms with Gasteiger partial charge in [-0.2, -0.15) is 0 Å². The second kappa shape index (κ2) is 5.48. The van der Waals surface area contributed by atoms with Gasteiger partial charge in [-0.25, -0.2) is 0 Å². The first-order valence-corrected chi connectivity index (χ1v) is 4.93. The first-order chi connectivity index (χ1) is 7.23. The fraction of sp³-hybridized carbons (Fsp3) is 0.700. The molecular weight excluding hydrogens is 212 g/mol. The largest absolute Gasteiger partial charge is 0.480 e. The van der Waals surface area contributed by atoms with Crippen LogP contribution in [-0.2, 0) is 14.4 Å². The van der Waals surface area contributed by atoms with Crippen molar-refractivity contribution in [3.05, 3.63) is 0 Å². The van der Waals surface area contributed by atoms with Gasteiger partial charge in [0.25, 0.3) is 0 Å². The highest BCUT2D eigenvalue weighted by molar-refractivity contribution is 6.00. The Morgan fingerprint density at radius 3 is 2.19 bits per heavy atom. The van der Waals surface area contributed by atoms with Gasteiger partial charge < -0.3 is 15.3 Å². The Labute approximate surface area is 94.6 Å². The van der Waals surface area contributed by atoms with Crippen molar-refractivity contribution in [1.82, 2.24) is 10.2 Å². The number of carbonyl (C=O) groups excluding carboxylic acids is 2. The molecule has 0 saturated carbocycles. The number of hydrogen-bond donors (Lipinski definition) is 2. The molecule has 0 aliphatic carbocycles. The topological polar surface area (TPSA) is 86.7 Å². The Kier molecular flexibility index (Phi) is 4.94. The average molecular weight is 230 g/mol. The molecule has 0 unspecified atom stereocenters. The smallest absolute Gasteiger partial charge is 0.318 e. The number of hydrogen-bond acceptors (Lipinski definition) is 3.